The van der Waals surface area contributed by atoms with E-state index in [-0.39, 0.29) is 11.9 Å². The lowest BCUT2D eigenvalue weighted by molar-refractivity contribution is -0.901. The number of nitrogens with zero attached hydrogens (tertiary/aromatic N) is 2. The van der Waals surface area contributed by atoms with Gasteiger partial charge in [0, 0.05) is 12.8 Å². The molecule has 1 aliphatic rings. The third kappa shape index (κ3) is 2.56. The molecule has 2 rings (SSSR count). The molecule has 0 aliphatic carbocycles. The highest BCUT2D eigenvalue weighted by molar-refractivity contribution is 7.15. The van der Waals surface area contributed by atoms with Gasteiger partial charge in [-0.3, -0.25) is 10.1 Å². The molecule has 1 aromatic heterocycles. The van der Waals surface area contributed by atoms with E-state index in [2.05, 4.69) is 15.5 Å². The molecule has 2 N–H and O–H groups in total. The maximum absolute atomic E-state index is 11.9. The van der Waals surface area contributed by atoms with E-state index in [9.17, 15) is 4.79 Å². The van der Waals surface area contributed by atoms with Gasteiger partial charge in [0.2, 0.25) is 5.13 Å². The van der Waals surface area contributed by atoms with Gasteiger partial charge in [-0.15, -0.1) is 10.2 Å². The molecule has 16 heavy (non-hydrogen) atoms. The summed E-state index contributed by atoms with van der Waals surface area (Å²) >= 11 is 1.41. The van der Waals surface area contributed by atoms with Gasteiger partial charge in [0.15, 0.2) is 6.04 Å². The van der Waals surface area contributed by atoms with Gasteiger partial charge in [0.1, 0.15) is 5.01 Å². The number of aromatic nitrogens is 2. The minimum atomic E-state index is 0.00621. The molecule has 0 spiro atoms. The third-order valence-electron chi connectivity index (χ3n) is 3.01. The number of carbonyl (C=O) groups excluding carboxylic acids is 1. The molecule has 1 aliphatic heterocycles. The number of nitrogens with one attached hydrogen (secondary N) is 2. The van der Waals surface area contributed by atoms with Crippen LogP contribution in [-0.2, 0) is 4.79 Å². The Hall–Kier alpha value is -1.01. The zero-order valence-corrected chi connectivity index (χ0v) is 10.4. The monoisotopic (exact) mass is 241 g/mol. The second-order valence-corrected chi connectivity index (χ2v) is 5.38. The van der Waals surface area contributed by atoms with E-state index in [1.165, 1.54) is 29.1 Å². The smallest absolute Gasteiger partial charge is 0.284 e. The summed E-state index contributed by atoms with van der Waals surface area (Å²) in [5.74, 6) is 0.0491. The van der Waals surface area contributed by atoms with Crippen molar-refractivity contribution in [2.75, 3.05) is 18.4 Å². The van der Waals surface area contributed by atoms with Crippen molar-refractivity contribution in [1.29, 1.82) is 0 Å². The molecular formula is C10H17N4OS+. The fourth-order valence-electron chi connectivity index (χ4n) is 2.01. The van der Waals surface area contributed by atoms with Crippen LogP contribution in [0.3, 0.4) is 0 Å². The van der Waals surface area contributed by atoms with Crippen LogP contribution < -0.4 is 10.2 Å². The summed E-state index contributed by atoms with van der Waals surface area (Å²) in [7, 11) is 0. The number of likely N-dealkylation sites (tertiary alicyclic amines) is 1. The number of aryl methyl sites for hydroxylation is 1. The number of quaternary nitrogens is 1. The Morgan fingerprint density at radius 2 is 2.12 bits per heavy atom. The van der Waals surface area contributed by atoms with Gasteiger partial charge < -0.3 is 4.90 Å². The Morgan fingerprint density at radius 3 is 2.69 bits per heavy atom. The topological polar surface area (TPSA) is 59.3 Å². The summed E-state index contributed by atoms with van der Waals surface area (Å²) in [4.78, 5) is 13.3. The predicted molar refractivity (Wildman–Crippen MR) is 62.7 cm³/mol. The summed E-state index contributed by atoms with van der Waals surface area (Å²) in [6.07, 6.45) is 2.45. The zero-order valence-electron chi connectivity index (χ0n) is 9.62. The average Bonchev–Trinajstić information content (AvgIpc) is 2.88. The van der Waals surface area contributed by atoms with Crippen molar-refractivity contribution in [1.82, 2.24) is 10.2 Å². The number of hydrogen-bond donors (Lipinski definition) is 2. The molecule has 0 unspecified atom stereocenters. The molecule has 0 aromatic carbocycles. The Balaban J connectivity index is 1.92. The largest absolute Gasteiger partial charge is 0.325 e. The minimum absolute atomic E-state index is 0.00621. The molecule has 2 heterocycles. The lowest BCUT2D eigenvalue weighted by Crippen LogP contribution is -3.14. The predicted octanol–water partition coefficient (Wildman–Crippen LogP) is -0.148. The summed E-state index contributed by atoms with van der Waals surface area (Å²) in [5.41, 5.74) is 0. The maximum atomic E-state index is 11.9. The summed E-state index contributed by atoms with van der Waals surface area (Å²) in [5, 5.41) is 12.1. The second kappa shape index (κ2) is 4.88. The van der Waals surface area contributed by atoms with E-state index in [4.69, 9.17) is 0 Å². The zero-order chi connectivity index (χ0) is 11.5. The van der Waals surface area contributed by atoms with Crippen molar-refractivity contribution in [3.05, 3.63) is 5.01 Å². The maximum Gasteiger partial charge on any atom is 0.284 e. The van der Waals surface area contributed by atoms with Crippen molar-refractivity contribution < 1.29 is 9.69 Å². The SMILES string of the molecule is Cc1nnc(NC(=O)[C@@H](C)[NH+]2CCCC2)s1. The van der Waals surface area contributed by atoms with Gasteiger partial charge >= 0.3 is 0 Å². The van der Waals surface area contributed by atoms with Crippen LogP contribution in [0.4, 0.5) is 5.13 Å². The molecule has 1 saturated heterocycles. The Labute approximate surface area is 98.9 Å². The Bertz CT molecular complexity index is 373. The van der Waals surface area contributed by atoms with Crippen molar-refractivity contribution in [3.63, 3.8) is 0 Å². The van der Waals surface area contributed by atoms with E-state index in [1.807, 2.05) is 13.8 Å². The van der Waals surface area contributed by atoms with Crippen LogP contribution in [0.5, 0.6) is 0 Å². The van der Waals surface area contributed by atoms with Gasteiger partial charge in [-0.2, -0.15) is 0 Å². The number of hydrogen-bond acceptors (Lipinski definition) is 4. The van der Waals surface area contributed by atoms with E-state index >= 15 is 0 Å². The first-order chi connectivity index (χ1) is 7.66. The molecule has 1 aromatic rings. The Kier molecular flexibility index (Phi) is 3.50. The van der Waals surface area contributed by atoms with Crippen molar-refractivity contribution in [2.24, 2.45) is 0 Å². The molecule has 0 bridgehead atoms. The number of anilines is 1. The fraction of sp³-hybridized carbons (Fsp3) is 0.700. The first-order valence-corrected chi connectivity index (χ1v) is 6.44. The standard InChI is InChI=1S/C10H16N4OS/c1-7(14-5-3-4-6-14)9(15)11-10-13-12-8(2)16-10/h7H,3-6H2,1-2H3,(H,11,13,15)/p+1/t7-/m1/s1. The Morgan fingerprint density at radius 1 is 1.44 bits per heavy atom. The first kappa shape index (κ1) is 11.5. The summed E-state index contributed by atoms with van der Waals surface area (Å²) < 4.78 is 0. The van der Waals surface area contributed by atoms with Crippen LogP contribution in [0, 0.1) is 6.92 Å². The van der Waals surface area contributed by atoms with Gasteiger partial charge in [-0.1, -0.05) is 11.3 Å². The lowest BCUT2D eigenvalue weighted by Gasteiger charge is -2.19. The first-order valence-electron chi connectivity index (χ1n) is 5.62. The van der Waals surface area contributed by atoms with E-state index in [0.717, 1.165) is 18.1 Å². The normalized spacial score (nSPS) is 18.6. The van der Waals surface area contributed by atoms with Crippen LogP contribution >= 0.6 is 11.3 Å². The van der Waals surface area contributed by atoms with Gasteiger partial charge in [-0.25, -0.2) is 0 Å². The van der Waals surface area contributed by atoms with E-state index < -0.39 is 0 Å². The summed E-state index contributed by atoms with van der Waals surface area (Å²) in [6, 6.07) is 0.00621. The second-order valence-electron chi connectivity index (χ2n) is 4.20. The van der Waals surface area contributed by atoms with Crippen LogP contribution in [0.2, 0.25) is 0 Å². The van der Waals surface area contributed by atoms with Crippen LogP contribution in [0.1, 0.15) is 24.8 Å². The molecule has 1 atom stereocenters. The fourth-order valence-corrected chi connectivity index (χ4v) is 2.60. The van der Waals surface area contributed by atoms with Crippen LogP contribution in [-0.4, -0.2) is 35.2 Å². The molecule has 1 amide bonds. The van der Waals surface area contributed by atoms with Crippen LogP contribution in [0.15, 0.2) is 0 Å². The molecule has 0 saturated carbocycles. The minimum Gasteiger partial charge on any atom is -0.325 e. The molecule has 88 valence electrons. The van der Waals surface area contributed by atoms with Crippen molar-refractivity contribution in [3.8, 4) is 0 Å². The highest BCUT2D eigenvalue weighted by Gasteiger charge is 2.28. The quantitative estimate of drug-likeness (QED) is 0.774. The highest BCUT2D eigenvalue weighted by Crippen LogP contribution is 2.13. The average molecular weight is 241 g/mol. The summed E-state index contributed by atoms with van der Waals surface area (Å²) in [6.45, 7) is 6.06. The number of carbonyl (C=O) groups is 1. The molecule has 5 nitrogen and oxygen atoms in total. The molecule has 0 radical (unpaired) electrons. The lowest BCUT2D eigenvalue weighted by atomic mass is 10.3. The number of amides is 1. The number of rotatable bonds is 3. The third-order valence-corrected chi connectivity index (χ3v) is 3.76. The molecule has 1 fully saturated rings. The van der Waals surface area contributed by atoms with Gasteiger partial charge in [-0.05, 0) is 13.8 Å². The van der Waals surface area contributed by atoms with Crippen molar-refractivity contribution in [2.45, 2.75) is 32.7 Å². The molecular weight excluding hydrogens is 224 g/mol. The van der Waals surface area contributed by atoms with E-state index in [0.29, 0.717) is 5.13 Å². The van der Waals surface area contributed by atoms with Gasteiger partial charge in [0.05, 0.1) is 13.1 Å². The van der Waals surface area contributed by atoms with Crippen LogP contribution in [0.25, 0.3) is 0 Å². The molecule has 6 heteroatoms. The highest BCUT2D eigenvalue weighted by atomic mass is 32.1. The van der Waals surface area contributed by atoms with Gasteiger partial charge in [0.25, 0.3) is 5.91 Å². The van der Waals surface area contributed by atoms with Crippen molar-refractivity contribution >= 4 is 22.4 Å². The van der Waals surface area contributed by atoms with E-state index in [1.54, 1.807) is 0 Å².